The Hall–Kier alpha value is -2.17. The van der Waals surface area contributed by atoms with Crippen LogP contribution in [0.3, 0.4) is 0 Å². The number of hydrogen-bond acceptors (Lipinski definition) is 3. The Morgan fingerprint density at radius 1 is 1.30 bits per heavy atom. The Kier molecular flexibility index (Phi) is 4.46. The SMILES string of the molecule is CC(=O)N1CCC[C@H](Cc2ccc(-c3cnc(C)n3C)nc2)C1. The summed E-state index contributed by atoms with van der Waals surface area (Å²) in [7, 11) is 2.01. The van der Waals surface area contributed by atoms with Crippen LogP contribution in [0.25, 0.3) is 11.4 Å². The van der Waals surface area contributed by atoms with Crippen molar-refractivity contribution in [1.29, 1.82) is 0 Å². The lowest BCUT2D eigenvalue weighted by Gasteiger charge is -2.32. The van der Waals surface area contributed by atoms with Crippen LogP contribution in [0.4, 0.5) is 0 Å². The molecule has 0 aliphatic carbocycles. The van der Waals surface area contributed by atoms with Crippen LogP contribution in [-0.2, 0) is 18.3 Å². The van der Waals surface area contributed by atoms with Gasteiger partial charge in [0.2, 0.25) is 5.91 Å². The predicted octanol–water partition coefficient (Wildman–Crippen LogP) is 2.59. The lowest BCUT2D eigenvalue weighted by Crippen LogP contribution is -2.39. The van der Waals surface area contributed by atoms with Gasteiger partial charge in [-0.3, -0.25) is 9.78 Å². The fourth-order valence-corrected chi connectivity index (χ4v) is 3.29. The molecule has 1 saturated heterocycles. The monoisotopic (exact) mass is 312 g/mol. The van der Waals surface area contributed by atoms with E-state index >= 15 is 0 Å². The molecule has 1 aliphatic heterocycles. The number of carbonyl (C=O) groups is 1. The van der Waals surface area contributed by atoms with Gasteiger partial charge in [-0.05, 0) is 43.7 Å². The van der Waals surface area contributed by atoms with Gasteiger partial charge < -0.3 is 9.47 Å². The van der Waals surface area contributed by atoms with E-state index in [9.17, 15) is 4.79 Å². The van der Waals surface area contributed by atoms with Gasteiger partial charge in [0, 0.05) is 33.3 Å². The minimum absolute atomic E-state index is 0.190. The molecule has 122 valence electrons. The molecule has 1 amide bonds. The van der Waals surface area contributed by atoms with E-state index in [2.05, 4.69) is 22.1 Å². The fourth-order valence-electron chi connectivity index (χ4n) is 3.29. The molecule has 0 unspecified atom stereocenters. The number of amides is 1. The van der Waals surface area contributed by atoms with Crippen molar-refractivity contribution in [3.8, 4) is 11.4 Å². The van der Waals surface area contributed by atoms with E-state index in [1.807, 2.05) is 35.8 Å². The number of likely N-dealkylation sites (tertiary alicyclic amines) is 1. The number of imidazole rings is 1. The van der Waals surface area contributed by atoms with E-state index in [0.717, 1.165) is 43.1 Å². The van der Waals surface area contributed by atoms with E-state index in [1.165, 1.54) is 12.0 Å². The number of piperidine rings is 1. The Morgan fingerprint density at radius 3 is 2.74 bits per heavy atom. The van der Waals surface area contributed by atoms with E-state index in [-0.39, 0.29) is 5.91 Å². The molecule has 0 bridgehead atoms. The largest absolute Gasteiger partial charge is 0.343 e. The Morgan fingerprint density at radius 2 is 2.13 bits per heavy atom. The highest BCUT2D eigenvalue weighted by molar-refractivity contribution is 5.73. The van der Waals surface area contributed by atoms with Crippen molar-refractivity contribution >= 4 is 5.91 Å². The molecule has 2 aromatic rings. The first-order valence-electron chi connectivity index (χ1n) is 8.23. The van der Waals surface area contributed by atoms with Gasteiger partial charge in [0.25, 0.3) is 0 Å². The molecule has 1 atom stereocenters. The summed E-state index contributed by atoms with van der Waals surface area (Å²) in [4.78, 5) is 22.4. The average molecular weight is 312 g/mol. The van der Waals surface area contributed by atoms with Gasteiger partial charge in [-0.1, -0.05) is 6.07 Å². The fraction of sp³-hybridized carbons (Fsp3) is 0.500. The molecule has 0 N–H and O–H groups in total. The zero-order valence-electron chi connectivity index (χ0n) is 14.1. The molecule has 1 aliphatic rings. The summed E-state index contributed by atoms with van der Waals surface area (Å²) in [6.07, 6.45) is 7.10. The molecular formula is C18H24N4O. The number of carbonyl (C=O) groups excluding carboxylic acids is 1. The van der Waals surface area contributed by atoms with Gasteiger partial charge in [0.05, 0.1) is 17.6 Å². The van der Waals surface area contributed by atoms with Crippen LogP contribution in [0, 0.1) is 12.8 Å². The summed E-state index contributed by atoms with van der Waals surface area (Å²) in [6, 6.07) is 4.22. The molecule has 3 heterocycles. The molecule has 5 nitrogen and oxygen atoms in total. The van der Waals surface area contributed by atoms with Crippen LogP contribution in [0.2, 0.25) is 0 Å². The number of pyridine rings is 1. The van der Waals surface area contributed by atoms with Crippen LogP contribution in [0.5, 0.6) is 0 Å². The summed E-state index contributed by atoms with van der Waals surface area (Å²) in [6.45, 7) is 5.43. The standard InChI is InChI=1S/C18H24N4O/c1-13-19-11-18(21(13)3)17-7-6-15(10-20-17)9-16-5-4-8-22(12-16)14(2)23/h6-7,10-11,16H,4-5,8-9,12H2,1-3H3/t16-/m1/s1. The summed E-state index contributed by atoms with van der Waals surface area (Å²) < 4.78 is 2.05. The molecule has 1 fully saturated rings. The third-order valence-corrected chi connectivity index (χ3v) is 4.80. The maximum Gasteiger partial charge on any atom is 0.219 e. The zero-order chi connectivity index (χ0) is 16.4. The quantitative estimate of drug-likeness (QED) is 0.875. The van der Waals surface area contributed by atoms with Crippen LogP contribution in [0.15, 0.2) is 24.5 Å². The molecular weight excluding hydrogens is 288 g/mol. The minimum atomic E-state index is 0.190. The summed E-state index contributed by atoms with van der Waals surface area (Å²) in [5, 5.41) is 0. The summed E-state index contributed by atoms with van der Waals surface area (Å²) >= 11 is 0. The lowest BCUT2D eigenvalue weighted by molar-refractivity contribution is -0.130. The minimum Gasteiger partial charge on any atom is -0.343 e. The van der Waals surface area contributed by atoms with E-state index in [4.69, 9.17) is 0 Å². The van der Waals surface area contributed by atoms with Crippen LogP contribution >= 0.6 is 0 Å². The van der Waals surface area contributed by atoms with Crippen molar-refractivity contribution in [2.75, 3.05) is 13.1 Å². The van der Waals surface area contributed by atoms with E-state index < -0.39 is 0 Å². The van der Waals surface area contributed by atoms with Crippen molar-refractivity contribution in [1.82, 2.24) is 19.4 Å². The molecule has 5 heteroatoms. The maximum atomic E-state index is 11.5. The second-order valence-electron chi connectivity index (χ2n) is 6.48. The number of nitrogens with zero attached hydrogens (tertiary/aromatic N) is 4. The number of aryl methyl sites for hydroxylation is 1. The average Bonchev–Trinajstić information content (AvgIpc) is 2.88. The molecule has 3 rings (SSSR count). The molecule has 0 aromatic carbocycles. The van der Waals surface area contributed by atoms with Gasteiger partial charge in [0.15, 0.2) is 0 Å². The molecule has 0 radical (unpaired) electrons. The first-order chi connectivity index (χ1) is 11.0. The van der Waals surface area contributed by atoms with Crippen LogP contribution in [0.1, 0.15) is 31.2 Å². The highest BCUT2D eigenvalue weighted by atomic mass is 16.2. The highest BCUT2D eigenvalue weighted by Crippen LogP contribution is 2.22. The molecule has 0 spiro atoms. The third kappa shape index (κ3) is 3.44. The Bertz CT molecular complexity index is 690. The number of hydrogen-bond donors (Lipinski definition) is 0. The van der Waals surface area contributed by atoms with Crippen molar-refractivity contribution in [3.63, 3.8) is 0 Å². The molecule has 23 heavy (non-hydrogen) atoms. The molecule has 0 saturated carbocycles. The predicted molar refractivity (Wildman–Crippen MR) is 89.9 cm³/mol. The second kappa shape index (κ2) is 6.52. The van der Waals surface area contributed by atoms with Gasteiger partial charge in [0.1, 0.15) is 5.82 Å². The second-order valence-corrected chi connectivity index (χ2v) is 6.48. The molecule has 2 aromatic heterocycles. The van der Waals surface area contributed by atoms with Gasteiger partial charge >= 0.3 is 0 Å². The third-order valence-electron chi connectivity index (χ3n) is 4.80. The van der Waals surface area contributed by atoms with Crippen LogP contribution < -0.4 is 0 Å². The van der Waals surface area contributed by atoms with Gasteiger partial charge in [-0.2, -0.15) is 0 Å². The first-order valence-corrected chi connectivity index (χ1v) is 8.23. The van der Waals surface area contributed by atoms with Crippen molar-refractivity contribution in [2.24, 2.45) is 13.0 Å². The Labute approximate surface area is 137 Å². The van der Waals surface area contributed by atoms with Crippen molar-refractivity contribution in [3.05, 3.63) is 35.9 Å². The topological polar surface area (TPSA) is 51.0 Å². The van der Waals surface area contributed by atoms with Crippen LogP contribution in [-0.4, -0.2) is 38.4 Å². The van der Waals surface area contributed by atoms with Crippen molar-refractivity contribution < 1.29 is 4.79 Å². The zero-order valence-corrected chi connectivity index (χ0v) is 14.1. The highest BCUT2D eigenvalue weighted by Gasteiger charge is 2.21. The Balaban J connectivity index is 1.68. The van der Waals surface area contributed by atoms with Gasteiger partial charge in [-0.15, -0.1) is 0 Å². The van der Waals surface area contributed by atoms with Crippen molar-refractivity contribution in [2.45, 2.75) is 33.1 Å². The normalized spacial score (nSPS) is 18.2. The lowest BCUT2D eigenvalue weighted by atomic mass is 9.92. The first kappa shape index (κ1) is 15.7. The van der Waals surface area contributed by atoms with Gasteiger partial charge in [-0.25, -0.2) is 4.98 Å². The van der Waals surface area contributed by atoms with E-state index in [0.29, 0.717) is 5.92 Å². The summed E-state index contributed by atoms with van der Waals surface area (Å²) in [5.41, 5.74) is 3.23. The summed E-state index contributed by atoms with van der Waals surface area (Å²) in [5.74, 6) is 1.71. The number of rotatable bonds is 3. The van der Waals surface area contributed by atoms with E-state index in [1.54, 1.807) is 6.92 Å². The smallest absolute Gasteiger partial charge is 0.219 e. The maximum absolute atomic E-state index is 11.5. The number of aromatic nitrogens is 3.